The zero-order chi connectivity index (χ0) is 22.3. The third-order valence-electron chi connectivity index (χ3n) is 6.11. The molecule has 31 heavy (non-hydrogen) atoms. The Balaban J connectivity index is 1.44. The lowest BCUT2D eigenvalue weighted by Crippen LogP contribution is -2.47. The molecule has 1 aromatic carbocycles. The normalized spacial score (nSPS) is 20.7. The summed E-state index contributed by atoms with van der Waals surface area (Å²) in [4.78, 5) is 12.7. The van der Waals surface area contributed by atoms with Gasteiger partial charge in [-0.15, -0.1) is 0 Å². The first kappa shape index (κ1) is 24.0. The molecule has 1 heterocycles. The summed E-state index contributed by atoms with van der Waals surface area (Å²) in [5.41, 5.74) is 6.92. The predicted octanol–water partition coefficient (Wildman–Crippen LogP) is 1.92. The molecule has 8 nitrogen and oxygen atoms in total. The van der Waals surface area contributed by atoms with E-state index >= 15 is 0 Å². The molecule has 1 aliphatic heterocycles. The molecular formula is C22H36N4O4S. The van der Waals surface area contributed by atoms with Crippen molar-refractivity contribution in [1.29, 1.82) is 0 Å². The van der Waals surface area contributed by atoms with Crippen LogP contribution in [0.3, 0.4) is 0 Å². The molecule has 1 amide bonds. The Morgan fingerprint density at radius 2 is 1.81 bits per heavy atom. The van der Waals surface area contributed by atoms with Gasteiger partial charge in [0.2, 0.25) is 15.9 Å². The van der Waals surface area contributed by atoms with Gasteiger partial charge >= 0.3 is 0 Å². The standard InChI is InChI=1S/C22H36N4O4S/c1-17(25-22(27)21(23)15-18-5-3-2-4-6-18)16-24-19-7-9-20(10-8-19)31(28,29)26-11-13-30-14-12-26/h7-10,17-18,21,24H,2-6,11-16,23H2,1H3,(H,25,27)/t17-,21-/m0/s1. The van der Waals surface area contributed by atoms with Gasteiger partial charge in [0.25, 0.3) is 0 Å². The lowest BCUT2D eigenvalue weighted by molar-refractivity contribution is -0.123. The number of nitrogens with one attached hydrogen (secondary N) is 2. The van der Waals surface area contributed by atoms with Crippen LogP contribution in [-0.4, -0.2) is 63.6 Å². The first-order valence-corrected chi connectivity index (χ1v) is 12.8. The van der Waals surface area contributed by atoms with Crippen molar-refractivity contribution in [1.82, 2.24) is 9.62 Å². The zero-order valence-corrected chi connectivity index (χ0v) is 19.2. The molecule has 1 aliphatic carbocycles. The Labute approximate surface area is 185 Å². The third kappa shape index (κ3) is 6.90. The average Bonchev–Trinajstić information content (AvgIpc) is 2.79. The summed E-state index contributed by atoms with van der Waals surface area (Å²) >= 11 is 0. The fourth-order valence-corrected chi connectivity index (χ4v) is 5.65. The molecule has 0 unspecified atom stereocenters. The monoisotopic (exact) mass is 452 g/mol. The maximum atomic E-state index is 12.7. The van der Waals surface area contributed by atoms with Gasteiger partial charge in [0.1, 0.15) is 0 Å². The Hall–Kier alpha value is -1.68. The van der Waals surface area contributed by atoms with Crippen LogP contribution in [0.2, 0.25) is 0 Å². The number of rotatable bonds is 9. The van der Waals surface area contributed by atoms with Crippen LogP contribution >= 0.6 is 0 Å². The highest BCUT2D eigenvalue weighted by atomic mass is 32.2. The van der Waals surface area contributed by atoms with E-state index in [4.69, 9.17) is 10.5 Å². The quantitative estimate of drug-likeness (QED) is 0.528. The number of carbonyl (C=O) groups is 1. The van der Waals surface area contributed by atoms with Crippen LogP contribution in [0.1, 0.15) is 45.4 Å². The first-order chi connectivity index (χ1) is 14.9. The van der Waals surface area contributed by atoms with Gasteiger partial charge in [-0.05, 0) is 43.5 Å². The third-order valence-corrected chi connectivity index (χ3v) is 8.02. The minimum absolute atomic E-state index is 0.0957. The van der Waals surface area contributed by atoms with Crippen LogP contribution in [0.4, 0.5) is 5.69 Å². The van der Waals surface area contributed by atoms with Gasteiger partial charge in [0, 0.05) is 31.4 Å². The molecule has 9 heteroatoms. The number of hydrogen-bond acceptors (Lipinski definition) is 6. The SMILES string of the molecule is C[C@@H](CNc1ccc(S(=O)(=O)N2CCOCC2)cc1)NC(=O)[C@@H](N)CC1CCCCC1. The molecule has 4 N–H and O–H groups in total. The topological polar surface area (TPSA) is 114 Å². The van der Waals surface area contributed by atoms with Gasteiger partial charge in [0.05, 0.1) is 24.2 Å². The van der Waals surface area contributed by atoms with Crippen molar-refractivity contribution in [3.05, 3.63) is 24.3 Å². The fourth-order valence-electron chi connectivity index (χ4n) is 4.24. The zero-order valence-electron chi connectivity index (χ0n) is 18.4. The Bertz CT molecular complexity index is 803. The number of nitrogens with zero attached hydrogens (tertiary/aromatic N) is 1. The van der Waals surface area contributed by atoms with E-state index in [9.17, 15) is 13.2 Å². The summed E-state index contributed by atoms with van der Waals surface area (Å²) in [6, 6.07) is 6.15. The van der Waals surface area contributed by atoms with Gasteiger partial charge in [0.15, 0.2) is 0 Å². The number of amides is 1. The molecule has 2 fully saturated rings. The number of sulfonamides is 1. The largest absolute Gasteiger partial charge is 0.383 e. The van der Waals surface area contributed by atoms with Crippen LogP contribution < -0.4 is 16.4 Å². The van der Waals surface area contributed by atoms with E-state index in [1.54, 1.807) is 24.3 Å². The van der Waals surface area contributed by atoms with E-state index in [1.807, 2.05) is 6.92 Å². The molecule has 0 spiro atoms. The van der Waals surface area contributed by atoms with Gasteiger partial charge < -0.3 is 21.1 Å². The molecular weight excluding hydrogens is 416 g/mol. The molecule has 0 radical (unpaired) electrons. The lowest BCUT2D eigenvalue weighted by Gasteiger charge is -2.26. The van der Waals surface area contributed by atoms with Crippen molar-refractivity contribution in [2.75, 3.05) is 38.2 Å². The van der Waals surface area contributed by atoms with E-state index in [1.165, 1.54) is 36.4 Å². The predicted molar refractivity (Wildman–Crippen MR) is 121 cm³/mol. The smallest absolute Gasteiger partial charge is 0.243 e. The number of nitrogens with two attached hydrogens (primary N) is 1. The first-order valence-electron chi connectivity index (χ1n) is 11.3. The minimum Gasteiger partial charge on any atom is -0.383 e. The van der Waals surface area contributed by atoms with Gasteiger partial charge in [-0.1, -0.05) is 32.1 Å². The highest BCUT2D eigenvalue weighted by Crippen LogP contribution is 2.27. The molecule has 174 valence electrons. The van der Waals surface area contributed by atoms with Crippen molar-refractivity contribution >= 4 is 21.6 Å². The molecule has 2 atom stereocenters. The van der Waals surface area contributed by atoms with Crippen molar-refractivity contribution in [3.8, 4) is 0 Å². The molecule has 0 bridgehead atoms. The molecule has 3 rings (SSSR count). The number of morpholine rings is 1. The van der Waals surface area contributed by atoms with Gasteiger partial charge in [-0.25, -0.2) is 8.42 Å². The Morgan fingerprint density at radius 1 is 1.16 bits per heavy atom. The van der Waals surface area contributed by atoms with E-state index in [0.717, 1.165) is 12.1 Å². The van der Waals surface area contributed by atoms with Crippen LogP contribution in [0.15, 0.2) is 29.2 Å². The van der Waals surface area contributed by atoms with Crippen molar-refractivity contribution < 1.29 is 17.9 Å². The van der Waals surface area contributed by atoms with Crippen molar-refractivity contribution in [2.45, 2.75) is 62.4 Å². The number of anilines is 1. The number of benzene rings is 1. The summed E-state index contributed by atoms with van der Waals surface area (Å²) in [6.07, 6.45) is 6.88. The van der Waals surface area contributed by atoms with E-state index in [0.29, 0.717) is 38.8 Å². The number of carbonyl (C=O) groups excluding carboxylic acids is 1. The Kier molecular flexibility index (Phi) is 8.71. The molecule has 0 aromatic heterocycles. The summed E-state index contributed by atoms with van der Waals surface area (Å²) in [7, 11) is -3.49. The lowest BCUT2D eigenvalue weighted by atomic mass is 9.85. The second-order valence-electron chi connectivity index (χ2n) is 8.68. The maximum Gasteiger partial charge on any atom is 0.243 e. The number of ether oxygens (including phenoxy) is 1. The van der Waals surface area contributed by atoms with Gasteiger partial charge in [-0.2, -0.15) is 4.31 Å². The Morgan fingerprint density at radius 3 is 2.45 bits per heavy atom. The van der Waals surface area contributed by atoms with Gasteiger partial charge in [-0.3, -0.25) is 4.79 Å². The molecule has 1 aromatic rings. The van der Waals surface area contributed by atoms with Crippen LogP contribution in [0.25, 0.3) is 0 Å². The van der Waals surface area contributed by atoms with Crippen LogP contribution in [-0.2, 0) is 19.6 Å². The van der Waals surface area contributed by atoms with Crippen molar-refractivity contribution in [2.24, 2.45) is 11.7 Å². The van der Waals surface area contributed by atoms with Crippen LogP contribution in [0, 0.1) is 5.92 Å². The summed E-state index contributed by atoms with van der Waals surface area (Å²) in [6.45, 7) is 4.05. The highest BCUT2D eigenvalue weighted by Gasteiger charge is 2.26. The second kappa shape index (κ2) is 11.3. The van der Waals surface area contributed by atoms with Crippen LogP contribution in [0.5, 0.6) is 0 Å². The molecule has 1 saturated heterocycles. The maximum absolute atomic E-state index is 12.7. The van der Waals surface area contributed by atoms with E-state index < -0.39 is 16.1 Å². The average molecular weight is 453 g/mol. The van der Waals surface area contributed by atoms with E-state index in [2.05, 4.69) is 10.6 Å². The molecule has 1 saturated carbocycles. The summed E-state index contributed by atoms with van der Waals surface area (Å²) in [5, 5.41) is 6.22. The summed E-state index contributed by atoms with van der Waals surface area (Å²) in [5.74, 6) is 0.460. The highest BCUT2D eigenvalue weighted by molar-refractivity contribution is 7.89. The number of hydrogen-bond donors (Lipinski definition) is 3. The summed E-state index contributed by atoms with van der Waals surface area (Å²) < 4.78 is 32.0. The molecule has 2 aliphatic rings. The van der Waals surface area contributed by atoms with E-state index in [-0.39, 0.29) is 16.8 Å². The minimum atomic E-state index is -3.49. The van der Waals surface area contributed by atoms with Crippen molar-refractivity contribution in [3.63, 3.8) is 0 Å². The fraction of sp³-hybridized carbons (Fsp3) is 0.682. The second-order valence-corrected chi connectivity index (χ2v) is 10.6.